The summed E-state index contributed by atoms with van der Waals surface area (Å²) in [6.07, 6.45) is 3.20. The maximum absolute atomic E-state index is 11.6. The first kappa shape index (κ1) is 15.3. The van der Waals surface area contributed by atoms with Gasteiger partial charge >= 0.3 is 6.09 Å². The predicted molar refractivity (Wildman–Crippen MR) is 73.7 cm³/mol. The average Bonchev–Trinajstić information content (AvgIpc) is 2.33. The first-order valence-electron chi connectivity index (χ1n) is 6.88. The topological polar surface area (TPSA) is 50.4 Å². The molecule has 1 heterocycles. The lowest BCUT2D eigenvalue weighted by Gasteiger charge is -2.27. The minimum absolute atomic E-state index is 0.327. The number of alkyl carbamates (subject to hydrolysis) is 1. The molecule has 1 atom stereocenters. The Morgan fingerprint density at radius 1 is 1.44 bits per heavy atom. The van der Waals surface area contributed by atoms with Crippen LogP contribution < -0.4 is 10.6 Å². The van der Waals surface area contributed by atoms with Crippen LogP contribution in [0.15, 0.2) is 0 Å². The van der Waals surface area contributed by atoms with Gasteiger partial charge in [-0.1, -0.05) is 13.8 Å². The van der Waals surface area contributed by atoms with Crippen molar-refractivity contribution in [1.82, 2.24) is 10.6 Å². The summed E-state index contributed by atoms with van der Waals surface area (Å²) in [5, 5.41) is 6.34. The fraction of sp³-hybridized carbons (Fsp3) is 0.929. The SMILES string of the molecule is CC1(C)CCCNC(CNC(=O)OC(C)(C)C)C1. The second-order valence-electron chi connectivity index (χ2n) is 7.01. The van der Waals surface area contributed by atoms with E-state index in [0.717, 1.165) is 13.0 Å². The van der Waals surface area contributed by atoms with Crippen LogP contribution in [-0.2, 0) is 4.74 Å². The third kappa shape index (κ3) is 6.24. The van der Waals surface area contributed by atoms with Crippen LogP contribution in [-0.4, -0.2) is 30.8 Å². The highest BCUT2D eigenvalue weighted by Gasteiger charge is 2.26. The van der Waals surface area contributed by atoms with Crippen molar-refractivity contribution in [3.8, 4) is 0 Å². The molecule has 0 aromatic rings. The molecule has 0 aliphatic carbocycles. The van der Waals surface area contributed by atoms with Gasteiger partial charge in [-0.05, 0) is 52.0 Å². The smallest absolute Gasteiger partial charge is 0.407 e. The van der Waals surface area contributed by atoms with Gasteiger partial charge in [0.05, 0.1) is 0 Å². The number of hydrogen-bond donors (Lipinski definition) is 2. The summed E-state index contributed by atoms with van der Waals surface area (Å²) < 4.78 is 5.23. The Balaban J connectivity index is 2.36. The maximum Gasteiger partial charge on any atom is 0.407 e. The summed E-state index contributed by atoms with van der Waals surface area (Å²) >= 11 is 0. The summed E-state index contributed by atoms with van der Waals surface area (Å²) in [4.78, 5) is 11.6. The molecule has 1 fully saturated rings. The van der Waals surface area contributed by atoms with Gasteiger partial charge in [-0.3, -0.25) is 0 Å². The second-order valence-corrected chi connectivity index (χ2v) is 7.01. The summed E-state index contributed by atoms with van der Waals surface area (Å²) in [6, 6.07) is 0.343. The molecule has 1 aliphatic rings. The van der Waals surface area contributed by atoms with Crippen molar-refractivity contribution in [3.05, 3.63) is 0 Å². The summed E-state index contributed by atoms with van der Waals surface area (Å²) in [7, 11) is 0. The van der Waals surface area contributed by atoms with Crippen LogP contribution >= 0.6 is 0 Å². The molecule has 0 spiro atoms. The van der Waals surface area contributed by atoms with Crippen molar-refractivity contribution in [1.29, 1.82) is 0 Å². The zero-order valence-corrected chi connectivity index (χ0v) is 12.4. The Kier molecular flexibility index (Phi) is 5.02. The third-order valence-electron chi connectivity index (χ3n) is 3.15. The van der Waals surface area contributed by atoms with Crippen LogP contribution in [0, 0.1) is 5.41 Å². The molecule has 4 heteroatoms. The summed E-state index contributed by atoms with van der Waals surface area (Å²) in [6.45, 7) is 11.9. The van der Waals surface area contributed by atoms with E-state index in [0.29, 0.717) is 18.0 Å². The van der Waals surface area contributed by atoms with Crippen LogP contribution in [0.4, 0.5) is 4.79 Å². The number of nitrogens with one attached hydrogen (secondary N) is 2. The van der Waals surface area contributed by atoms with Crippen molar-refractivity contribution >= 4 is 6.09 Å². The molecule has 0 bridgehead atoms. The van der Waals surface area contributed by atoms with Crippen molar-refractivity contribution in [3.63, 3.8) is 0 Å². The largest absolute Gasteiger partial charge is 0.444 e. The van der Waals surface area contributed by atoms with Crippen molar-refractivity contribution in [2.75, 3.05) is 13.1 Å². The van der Waals surface area contributed by atoms with Gasteiger partial charge in [0.1, 0.15) is 5.60 Å². The molecule has 0 saturated carbocycles. The quantitative estimate of drug-likeness (QED) is 0.798. The maximum atomic E-state index is 11.6. The lowest BCUT2D eigenvalue weighted by molar-refractivity contribution is 0.0519. The molecule has 1 unspecified atom stereocenters. The fourth-order valence-electron chi connectivity index (χ4n) is 2.38. The van der Waals surface area contributed by atoms with Gasteiger partial charge in [0.15, 0.2) is 0 Å². The molecular weight excluding hydrogens is 228 g/mol. The fourth-order valence-corrected chi connectivity index (χ4v) is 2.38. The van der Waals surface area contributed by atoms with Gasteiger partial charge in [0.2, 0.25) is 0 Å². The second kappa shape index (κ2) is 5.91. The lowest BCUT2D eigenvalue weighted by Crippen LogP contribution is -2.43. The molecular formula is C14H28N2O2. The van der Waals surface area contributed by atoms with E-state index in [2.05, 4.69) is 24.5 Å². The molecule has 0 aromatic carbocycles. The van der Waals surface area contributed by atoms with Crippen molar-refractivity contribution in [2.24, 2.45) is 5.41 Å². The zero-order valence-electron chi connectivity index (χ0n) is 12.4. The monoisotopic (exact) mass is 256 g/mol. The number of ether oxygens (including phenoxy) is 1. The van der Waals surface area contributed by atoms with E-state index in [-0.39, 0.29) is 6.09 Å². The molecule has 1 aliphatic heterocycles. The highest BCUT2D eigenvalue weighted by atomic mass is 16.6. The Hall–Kier alpha value is -0.770. The minimum Gasteiger partial charge on any atom is -0.444 e. The van der Waals surface area contributed by atoms with E-state index in [1.807, 2.05) is 20.8 Å². The van der Waals surface area contributed by atoms with Gasteiger partial charge in [-0.25, -0.2) is 4.79 Å². The highest BCUT2D eigenvalue weighted by Crippen LogP contribution is 2.29. The number of amides is 1. The molecule has 106 valence electrons. The summed E-state index contributed by atoms with van der Waals surface area (Å²) in [5.41, 5.74) is -0.0794. The Bertz CT molecular complexity index is 282. The van der Waals surface area contributed by atoms with Crippen molar-refractivity contribution < 1.29 is 9.53 Å². The Morgan fingerprint density at radius 3 is 2.72 bits per heavy atom. The molecule has 18 heavy (non-hydrogen) atoms. The molecule has 1 rings (SSSR count). The standard InChI is InChI=1S/C14H28N2O2/c1-13(2,3)18-12(17)16-10-11-9-14(4,5)7-6-8-15-11/h11,15H,6-10H2,1-5H3,(H,16,17). The van der Waals surface area contributed by atoms with E-state index in [9.17, 15) is 4.79 Å². The Morgan fingerprint density at radius 2 is 2.11 bits per heavy atom. The van der Waals surface area contributed by atoms with Gasteiger partial charge in [-0.15, -0.1) is 0 Å². The van der Waals surface area contributed by atoms with Crippen LogP contribution in [0.3, 0.4) is 0 Å². The first-order valence-corrected chi connectivity index (χ1v) is 6.88. The van der Waals surface area contributed by atoms with Gasteiger partial charge in [0, 0.05) is 12.6 Å². The number of carbonyl (C=O) groups excluding carboxylic acids is 1. The minimum atomic E-state index is -0.430. The number of hydrogen-bond acceptors (Lipinski definition) is 3. The zero-order chi connectivity index (χ0) is 13.8. The molecule has 2 N–H and O–H groups in total. The van der Waals surface area contributed by atoms with Gasteiger partial charge < -0.3 is 15.4 Å². The Labute approximate surface area is 111 Å². The van der Waals surface area contributed by atoms with E-state index >= 15 is 0 Å². The van der Waals surface area contributed by atoms with Crippen molar-refractivity contribution in [2.45, 2.75) is 65.5 Å². The molecule has 4 nitrogen and oxygen atoms in total. The van der Waals surface area contributed by atoms with Gasteiger partial charge in [-0.2, -0.15) is 0 Å². The molecule has 0 aromatic heterocycles. The predicted octanol–water partition coefficient (Wildman–Crippen LogP) is 2.68. The summed E-state index contributed by atoms with van der Waals surface area (Å²) in [5.74, 6) is 0. The van der Waals surface area contributed by atoms with E-state index in [1.54, 1.807) is 0 Å². The van der Waals surface area contributed by atoms with Gasteiger partial charge in [0.25, 0.3) is 0 Å². The van der Waals surface area contributed by atoms with E-state index in [4.69, 9.17) is 4.74 Å². The van der Waals surface area contributed by atoms with Crippen LogP contribution in [0.1, 0.15) is 53.9 Å². The van der Waals surface area contributed by atoms with Crippen LogP contribution in [0.2, 0.25) is 0 Å². The average molecular weight is 256 g/mol. The molecule has 0 radical (unpaired) electrons. The van der Waals surface area contributed by atoms with E-state index in [1.165, 1.54) is 12.8 Å². The van der Waals surface area contributed by atoms with Crippen LogP contribution in [0.25, 0.3) is 0 Å². The molecule has 1 saturated heterocycles. The van der Waals surface area contributed by atoms with E-state index < -0.39 is 5.60 Å². The lowest BCUT2D eigenvalue weighted by atomic mass is 9.83. The molecule has 1 amide bonds. The highest BCUT2D eigenvalue weighted by molar-refractivity contribution is 5.67. The normalized spacial score (nSPS) is 24.2. The first-order chi connectivity index (χ1) is 8.18. The van der Waals surface area contributed by atoms with Crippen LogP contribution in [0.5, 0.6) is 0 Å². The number of carbonyl (C=O) groups is 1. The third-order valence-corrected chi connectivity index (χ3v) is 3.15. The number of rotatable bonds is 2.